The van der Waals surface area contributed by atoms with Gasteiger partial charge < -0.3 is 5.11 Å². The van der Waals surface area contributed by atoms with E-state index in [4.69, 9.17) is 5.11 Å². The minimum Gasteiger partial charge on any atom is -0.478 e. The summed E-state index contributed by atoms with van der Waals surface area (Å²) in [4.78, 5) is 43.3. The number of aliphatic carboxylic acids is 1. The maximum atomic E-state index is 13.4. The van der Waals surface area contributed by atoms with E-state index in [0.717, 1.165) is 4.57 Å². The lowest BCUT2D eigenvalue weighted by molar-refractivity contribution is -0.387. The molecule has 10 heteroatoms. The average Bonchev–Trinajstić information content (AvgIpc) is 2.32. The molecule has 0 amide bonds. The number of carbonyl (C=O) groups is 1. The first kappa shape index (κ1) is 14.5. The maximum absolute atomic E-state index is 13.4. The van der Waals surface area contributed by atoms with Gasteiger partial charge in [0.1, 0.15) is 0 Å². The molecule has 0 spiro atoms. The van der Waals surface area contributed by atoms with Crippen molar-refractivity contribution >= 4 is 11.7 Å². The van der Waals surface area contributed by atoms with Crippen molar-refractivity contribution in [3.05, 3.63) is 37.1 Å². The van der Waals surface area contributed by atoms with Crippen LogP contribution in [0.25, 0.3) is 0 Å². The average molecular weight is 275 g/mol. The van der Waals surface area contributed by atoms with Gasteiger partial charge in [-0.3, -0.25) is 19.5 Å². The molecule has 1 aromatic rings. The van der Waals surface area contributed by atoms with Crippen LogP contribution in [0.2, 0.25) is 0 Å². The van der Waals surface area contributed by atoms with E-state index in [1.807, 2.05) is 0 Å². The summed E-state index contributed by atoms with van der Waals surface area (Å²) < 4.78 is 13.8. The Morgan fingerprint density at radius 1 is 1.58 bits per heavy atom. The normalized spacial score (nSPS) is 12.1. The summed E-state index contributed by atoms with van der Waals surface area (Å²) >= 11 is 0. The first-order valence-corrected chi connectivity index (χ1v) is 5.18. The second-order valence-corrected chi connectivity index (χ2v) is 3.60. The van der Waals surface area contributed by atoms with Gasteiger partial charge in [0.2, 0.25) is 0 Å². The lowest BCUT2D eigenvalue weighted by Crippen LogP contribution is -2.43. The monoisotopic (exact) mass is 275 g/mol. The second-order valence-electron chi connectivity index (χ2n) is 3.60. The molecule has 19 heavy (non-hydrogen) atoms. The van der Waals surface area contributed by atoms with Crippen LogP contribution < -0.4 is 11.2 Å². The Morgan fingerprint density at radius 3 is 2.58 bits per heavy atom. The minimum atomic E-state index is -2.97. The molecule has 1 heterocycles. The quantitative estimate of drug-likeness (QED) is 0.590. The molecule has 0 aliphatic heterocycles. The van der Waals surface area contributed by atoms with Crippen molar-refractivity contribution < 1.29 is 19.2 Å². The van der Waals surface area contributed by atoms with Crippen LogP contribution in [-0.4, -0.2) is 25.1 Å². The van der Waals surface area contributed by atoms with Crippen molar-refractivity contribution in [1.82, 2.24) is 9.13 Å². The smallest absolute Gasteiger partial charge is 0.360 e. The Kier molecular flexibility index (Phi) is 4.14. The number of nitro groups is 1. The topological polar surface area (TPSA) is 124 Å². The summed E-state index contributed by atoms with van der Waals surface area (Å²) in [6.07, 6.45) is -1.90. The minimum absolute atomic E-state index is 0.00765. The molecule has 0 saturated carbocycles. The highest BCUT2D eigenvalue weighted by molar-refractivity contribution is 5.70. The van der Waals surface area contributed by atoms with Gasteiger partial charge >= 0.3 is 22.9 Å². The fourth-order valence-corrected chi connectivity index (χ4v) is 1.44. The summed E-state index contributed by atoms with van der Waals surface area (Å²) in [6.45, 7) is 1.64. The van der Waals surface area contributed by atoms with E-state index >= 15 is 0 Å². The highest BCUT2D eigenvalue weighted by Crippen LogP contribution is 2.07. The lowest BCUT2D eigenvalue weighted by Gasteiger charge is -2.10. The Balaban J connectivity index is 3.69. The van der Waals surface area contributed by atoms with Crippen molar-refractivity contribution in [1.29, 1.82) is 0 Å². The third-order valence-electron chi connectivity index (χ3n) is 2.26. The van der Waals surface area contributed by atoms with Gasteiger partial charge in [-0.05, 0) is 6.42 Å². The van der Waals surface area contributed by atoms with E-state index in [1.165, 1.54) is 0 Å². The summed E-state index contributed by atoms with van der Waals surface area (Å²) in [7, 11) is 0. The van der Waals surface area contributed by atoms with E-state index in [9.17, 15) is 28.9 Å². The highest BCUT2D eigenvalue weighted by Gasteiger charge is 2.28. The van der Waals surface area contributed by atoms with Crippen LogP contribution >= 0.6 is 0 Å². The number of alkyl halides is 1. The summed E-state index contributed by atoms with van der Waals surface area (Å²) in [5.41, 5.74) is -3.89. The molecule has 9 nitrogen and oxygen atoms in total. The number of carboxylic acids is 1. The van der Waals surface area contributed by atoms with Crippen molar-refractivity contribution in [2.75, 3.05) is 0 Å². The van der Waals surface area contributed by atoms with E-state index in [1.54, 1.807) is 6.92 Å². The predicted octanol–water partition coefficient (Wildman–Crippen LogP) is -0.119. The zero-order valence-electron chi connectivity index (χ0n) is 9.78. The molecule has 0 bridgehead atoms. The van der Waals surface area contributed by atoms with Crippen LogP contribution in [0.5, 0.6) is 0 Å². The Morgan fingerprint density at radius 2 is 2.16 bits per heavy atom. The van der Waals surface area contributed by atoms with E-state index < -0.39 is 34.1 Å². The summed E-state index contributed by atoms with van der Waals surface area (Å²) in [6, 6.07) is 0. The SMILES string of the molecule is CCCn1cc([N+](=O)[O-])c(=O)n(C(F)C(=O)O)c1=O. The van der Waals surface area contributed by atoms with E-state index in [-0.39, 0.29) is 11.1 Å². The van der Waals surface area contributed by atoms with Crippen LogP contribution in [0.3, 0.4) is 0 Å². The summed E-state index contributed by atoms with van der Waals surface area (Å²) in [5, 5.41) is 19.1. The fraction of sp³-hybridized carbons (Fsp3) is 0.444. The number of halogens is 1. The first-order chi connectivity index (χ1) is 8.81. The molecule has 1 N–H and O–H groups in total. The molecule has 104 valence electrons. The fourth-order valence-electron chi connectivity index (χ4n) is 1.44. The van der Waals surface area contributed by atoms with Gasteiger partial charge in [0.25, 0.3) is 6.30 Å². The van der Waals surface area contributed by atoms with Gasteiger partial charge in [0.05, 0.1) is 11.1 Å². The van der Waals surface area contributed by atoms with Crippen molar-refractivity contribution in [2.45, 2.75) is 26.2 Å². The number of nitrogens with zero attached hydrogens (tertiary/aromatic N) is 3. The summed E-state index contributed by atoms with van der Waals surface area (Å²) in [5.74, 6) is -2.08. The van der Waals surface area contributed by atoms with Crippen molar-refractivity contribution in [2.24, 2.45) is 0 Å². The third kappa shape index (κ3) is 2.67. The van der Waals surface area contributed by atoms with Gasteiger partial charge in [0, 0.05) is 6.54 Å². The molecule has 1 rings (SSSR count). The Hall–Kier alpha value is -2.52. The molecule has 0 radical (unpaired) electrons. The lowest BCUT2D eigenvalue weighted by atomic mass is 10.4. The van der Waals surface area contributed by atoms with Crippen LogP contribution in [0.1, 0.15) is 19.6 Å². The highest BCUT2D eigenvalue weighted by atomic mass is 19.1. The Labute approximate surface area is 104 Å². The Bertz CT molecular complexity index is 634. The van der Waals surface area contributed by atoms with Crippen LogP contribution in [0.15, 0.2) is 15.8 Å². The van der Waals surface area contributed by atoms with Gasteiger partial charge in [0.15, 0.2) is 0 Å². The number of carboxylic acid groups (broad SMARTS) is 1. The molecule has 1 atom stereocenters. The number of rotatable bonds is 5. The van der Waals surface area contributed by atoms with Gasteiger partial charge in [-0.15, -0.1) is 0 Å². The third-order valence-corrected chi connectivity index (χ3v) is 2.26. The predicted molar refractivity (Wildman–Crippen MR) is 59.7 cm³/mol. The molecule has 1 unspecified atom stereocenters. The van der Waals surface area contributed by atoms with E-state index in [0.29, 0.717) is 12.6 Å². The largest absolute Gasteiger partial charge is 0.478 e. The molecule has 1 aromatic heterocycles. The number of aromatic nitrogens is 2. The first-order valence-electron chi connectivity index (χ1n) is 5.18. The van der Waals surface area contributed by atoms with Crippen LogP contribution in [0, 0.1) is 10.1 Å². The molecule has 0 aromatic carbocycles. The molecule has 0 fully saturated rings. The number of aryl methyl sites for hydroxylation is 1. The zero-order valence-corrected chi connectivity index (χ0v) is 9.78. The maximum Gasteiger partial charge on any atom is 0.360 e. The van der Waals surface area contributed by atoms with E-state index in [2.05, 4.69) is 0 Å². The molecular weight excluding hydrogens is 265 g/mol. The second kappa shape index (κ2) is 5.42. The van der Waals surface area contributed by atoms with Gasteiger partial charge in [-0.2, -0.15) is 0 Å². The zero-order chi connectivity index (χ0) is 14.7. The van der Waals surface area contributed by atoms with Crippen LogP contribution in [-0.2, 0) is 11.3 Å². The van der Waals surface area contributed by atoms with Crippen molar-refractivity contribution in [3.8, 4) is 0 Å². The molecule has 0 aliphatic rings. The molecule has 0 saturated heterocycles. The molecular formula is C9H10FN3O6. The van der Waals surface area contributed by atoms with Gasteiger partial charge in [-0.1, -0.05) is 6.92 Å². The molecule has 0 aliphatic carbocycles. The number of hydrogen-bond donors (Lipinski definition) is 1. The van der Waals surface area contributed by atoms with Gasteiger partial charge in [-0.25, -0.2) is 18.5 Å². The number of hydrogen-bond acceptors (Lipinski definition) is 5. The standard InChI is InChI=1S/C9H10FN3O6/c1-2-3-11-4-5(13(18)19)7(14)12(9(11)17)6(10)8(15)16/h4,6H,2-3H2,1H3,(H,15,16). The van der Waals surface area contributed by atoms with Crippen molar-refractivity contribution in [3.63, 3.8) is 0 Å². The van der Waals surface area contributed by atoms with Crippen LogP contribution in [0.4, 0.5) is 10.1 Å².